The van der Waals surface area contributed by atoms with Gasteiger partial charge in [-0.1, -0.05) is 68.7 Å². The molecule has 0 atom stereocenters. The fourth-order valence-electron chi connectivity index (χ4n) is 3.14. The lowest BCUT2D eigenvalue weighted by molar-refractivity contribution is 0.273. The van der Waals surface area contributed by atoms with Crippen LogP contribution in [0.4, 0.5) is 0 Å². The Bertz CT molecular complexity index is 582. The van der Waals surface area contributed by atoms with E-state index in [0.717, 1.165) is 31.7 Å². The zero-order chi connectivity index (χ0) is 17.7. The fraction of sp³-hybridized carbons (Fsp3) is 0.478. The highest BCUT2D eigenvalue weighted by Crippen LogP contribution is 2.14. The Kier molecular flexibility index (Phi) is 9.14. The van der Waals surface area contributed by atoms with Gasteiger partial charge in [-0.25, -0.2) is 0 Å². The summed E-state index contributed by atoms with van der Waals surface area (Å²) in [4.78, 5) is 2.63. The summed E-state index contributed by atoms with van der Waals surface area (Å²) in [6.07, 6.45) is 7.51. The van der Waals surface area contributed by atoms with Gasteiger partial charge in [0.15, 0.2) is 0 Å². The van der Waals surface area contributed by atoms with Crippen molar-refractivity contribution < 1.29 is 4.74 Å². The van der Waals surface area contributed by atoms with E-state index < -0.39 is 0 Å². The monoisotopic (exact) mass is 339 g/mol. The molecule has 2 rings (SSSR count). The summed E-state index contributed by atoms with van der Waals surface area (Å²) in [5, 5.41) is 0. The molecule has 2 heteroatoms. The second kappa shape index (κ2) is 11.7. The highest BCUT2D eigenvalue weighted by molar-refractivity contribution is 5.28. The highest BCUT2D eigenvalue weighted by atomic mass is 16.5. The minimum Gasteiger partial charge on any atom is -0.497 e. The fourth-order valence-corrected chi connectivity index (χ4v) is 3.14. The molecule has 136 valence electrons. The number of unbranched alkanes of at least 4 members (excludes halogenated alkanes) is 3. The van der Waals surface area contributed by atoms with Crippen molar-refractivity contribution in [2.45, 2.75) is 45.4 Å². The number of rotatable bonds is 12. The largest absolute Gasteiger partial charge is 0.497 e. The van der Waals surface area contributed by atoms with Crippen LogP contribution in [-0.2, 0) is 12.8 Å². The lowest BCUT2D eigenvalue weighted by Gasteiger charge is -2.22. The van der Waals surface area contributed by atoms with Gasteiger partial charge in [-0.2, -0.15) is 0 Å². The molecule has 0 fully saturated rings. The topological polar surface area (TPSA) is 12.5 Å². The lowest BCUT2D eigenvalue weighted by Crippen LogP contribution is -2.29. The average Bonchev–Trinajstić information content (AvgIpc) is 2.67. The molecule has 0 saturated carbocycles. The van der Waals surface area contributed by atoms with Gasteiger partial charge in [0.1, 0.15) is 5.75 Å². The molecule has 2 nitrogen and oxygen atoms in total. The van der Waals surface area contributed by atoms with E-state index in [0.29, 0.717) is 0 Å². The van der Waals surface area contributed by atoms with Gasteiger partial charge in [-0.15, -0.1) is 0 Å². The first kappa shape index (κ1) is 19.5. The normalized spacial score (nSPS) is 11.0. The third kappa shape index (κ3) is 7.74. The van der Waals surface area contributed by atoms with Crippen molar-refractivity contribution in [1.82, 2.24) is 4.90 Å². The van der Waals surface area contributed by atoms with Gasteiger partial charge in [0, 0.05) is 13.1 Å². The van der Waals surface area contributed by atoms with Gasteiger partial charge in [0.05, 0.1) is 7.11 Å². The van der Waals surface area contributed by atoms with E-state index in [1.165, 1.54) is 43.4 Å². The maximum Gasteiger partial charge on any atom is 0.119 e. The van der Waals surface area contributed by atoms with Crippen LogP contribution in [0.25, 0.3) is 0 Å². The number of methoxy groups -OCH3 is 1. The Morgan fingerprint density at radius 3 is 2.20 bits per heavy atom. The van der Waals surface area contributed by atoms with Crippen LogP contribution in [-0.4, -0.2) is 31.6 Å². The molecule has 0 saturated heterocycles. The second-order valence-corrected chi connectivity index (χ2v) is 6.74. The molecule has 0 aliphatic heterocycles. The van der Waals surface area contributed by atoms with Crippen molar-refractivity contribution in [3.63, 3.8) is 0 Å². The van der Waals surface area contributed by atoms with Crippen molar-refractivity contribution >= 4 is 0 Å². The molecular formula is C23H33NO. The number of benzene rings is 2. The van der Waals surface area contributed by atoms with Gasteiger partial charge < -0.3 is 9.64 Å². The smallest absolute Gasteiger partial charge is 0.119 e. The molecule has 0 aliphatic carbocycles. The summed E-state index contributed by atoms with van der Waals surface area (Å²) in [7, 11) is 1.74. The Labute approximate surface area is 153 Å². The highest BCUT2D eigenvalue weighted by Gasteiger charge is 2.06. The summed E-state index contributed by atoms with van der Waals surface area (Å²) < 4.78 is 5.35. The van der Waals surface area contributed by atoms with Gasteiger partial charge in [0.2, 0.25) is 0 Å². The Balaban J connectivity index is 1.85. The standard InChI is InChI=1S/C23H33NO/c1-3-4-5-9-17-24(18-15-21-11-7-6-8-12-21)19-16-22-13-10-14-23(20-22)25-2/h6-8,10-14,20H,3-5,9,15-19H2,1-2H3. The van der Waals surface area contributed by atoms with Crippen molar-refractivity contribution in [3.8, 4) is 5.75 Å². The molecular weight excluding hydrogens is 306 g/mol. The van der Waals surface area contributed by atoms with E-state index in [1.807, 2.05) is 6.07 Å². The molecule has 0 unspecified atom stereocenters. The van der Waals surface area contributed by atoms with Crippen LogP contribution in [0.1, 0.15) is 43.7 Å². The lowest BCUT2D eigenvalue weighted by atomic mass is 10.1. The van der Waals surface area contributed by atoms with E-state index in [4.69, 9.17) is 4.74 Å². The minimum absolute atomic E-state index is 0.955. The number of ether oxygens (including phenoxy) is 1. The van der Waals surface area contributed by atoms with Gasteiger partial charge in [-0.05, 0) is 49.1 Å². The maximum atomic E-state index is 5.35. The van der Waals surface area contributed by atoms with Crippen molar-refractivity contribution in [1.29, 1.82) is 0 Å². The van der Waals surface area contributed by atoms with Crippen LogP contribution in [0.5, 0.6) is 5.75 Å². The first-order valence-electron chi connectivity index (χ1n) is 9.71. The van der Waals surface area contributed by atoms with Crippen LogP contribution in [0, 0.1) is 0 Å². The van der Waals surface area contributed by atoms with Gasteiger partial charge in [-0.3, -0.25) is 0 Å². The van der Waals surface area contributed by atoms with E-state index >= 15 is 0 Å². The van der Waals surface area contributed by atoms with Crippen molar-refractivity contribution in [2.24, 2.45) is 0 Å². The molecule has 0 heterocycles. The quantitative estimate of drug-likeness (QED) is 0.482. The molecule has 0 aromatic heterocycles. The van der Waals surface area contributed by atoms with Crippen LogP contribution in [0.2, 0.25) is 0 Å². The molecule has 0 radical (unpaired) electrons. The van der Waals surface area contributed by atoms with E-state index in [1.54, 1.807) is 7.11 Å². The number of hydrogen-bond acceptors (Lipinski definition) is 2. The SMILES string of the molecule is CCCCCCN(CCc1ccccc1)CCc1cccc(OC)c1. The first-order valence-corrected chi connectivity index (χ1v) is 9.71. The average molecular weight is 340 g/mol. The zero-order valence-electron chi connectivity index (χ0n) is 15.9. The van der Waals surface area contributed by atoms with E-state index in [2.05, 4.69) is 60.4 Å². The van der Waals surface area contributed by atoms with Crippen molar-refractivity contribution in [3.05, 3.63) is 65.7 Å². The minimum atomic E-state index is 0.955. The van der Waals surface area contributed by atoms with Gasteiger partial charge >= 0.3 is 0 Å². The molecule has 2 aromatic carbocycles. The number of hydrogen-bond donors (Lipinski definition) is 0. The Hall–Kier alpha value is -1.80. The molecule has 0 aliphatic rings. The zero-order valence-corrected chi connectivity index (χ0v) is 15.9. The predicted octanol–water partition coefficient (Wildman–Crippen LogP) is 5.36. The summed E-state index contributed by atoms with van der Waals surface area (Å²) in [6.45, 7) is 5.74. The summed E-state index contributed by atoms with van der Waals surface area (Å²) >= 11 is 0. The Morgan fingerprint density at radius 2 is 1.48 bits per heavy atom. The van der Waals surface area contributed by atoms with Crippen LogP contribution in [0.3, 0.4) is 0 Å². The maximum absolute atomic E-state index is 5.35. The third-order valence-electron chi connectivity index (χ3n) is 4.74. The molecule has 0 amide bonds. The molecule has 25 heavy (non-hydrogen) atoms. The number of nitrogens with zero attached hydrogens (tertiary/aromatic N) is 1. The second-order valence-electron chi connectivity index (χ2n) is 6.74. The summed E-state index contributed by atoms with van der Waals surface area (Å²) in [6, 6.07) is 19.3. The van der Waals surface area contributed by atoms with Gasteiger partial charge in [0.25, 0.3) is 0 Å². The van der Waals surface area contributed by atoms with Crippen molar-refractivity contribution in [2.75, 3.05) is 26.7 Å². The molecule has 2 aromatic rings. The summed E-state index contributed by atoms with van der Waals surface area (Å²) in [5.41, 5.74) is 2.79. The third-order valence-corrected chi connectivity index (χ3v) is 4.74. The van der Waals surface area contributed by atoms with E-state index in [9.17, 15) is 0 Å². The Morgan fingerprint density at radius 1 is 0.760 bits per heavy atom. The molecule has 0 spiro atoms. The summed E-state index contributed by atoms with van der Waals surface area (Å²) in [5.74, 6) is 0.955. The predicted molar refractivity (Wildman–Crippen MR) is 107 cm³/mol. The van der Waals surface area contributed by atoms with Crippen LogP contribution >= 0.6 is 0 Å². The van der Waals surface area contributed by atoms with E-state index in [-0.39, 0.29) is 0 Å². The first-order chi connectivity index (χ1) is 12.3. The molecule has 0 bridgehead atoms. The van der Waals surface area contributed by atoms with Crippen LogP contribution < -0.4 is 4.74 Å². The molecule has 0 N–H and O–H groups in total. The van der Waals surface area contributed by atoms with Crippen LogP contribution in [0.15, 0.2) is 54.6 Å².